The third-order valence-electron chi connectivity index (χ3n) is 3.60. The van der Waals surface area contributed by atoms with Gasteiger partial charge in [-0.25, -0.2) is 0 Å². The Bertz CT molecular complexity index is 467. The third-order valence-corrected chi connectivity index (χ3v) is 4.12. The molecule has 0 aliphatic carbocycles. The van der Waals surface area contributed by atoms with E-state index in [9.17, 15) is 4.79 Å². The molecule has 114 valence electrons. The van der Waals surface area contributed by atoms with Gasteiger partial charge in [0.1, 0.15) is 0 Å². The standard InChI is InChI=1S/C16H22BrN3O/c1-2-7-18-16(21)13-20-10-8-19(9-11-20)12-14-3-5-15(17)6-4-14/h2-6H,1,7-13H2,(H,18,21). The van der Waals surface area contributed by atoms with Crippen molar-refractivity contribution in [1.82, 2.24) is 15.1 Å². The second-order valence-corrected chi connectivity index (χ2v) is 6.19. The molecule has 0 aromatic heterocycles. The number of piperazine rings is 1. The maximum atomic E-state index is 11.7. The first-order valence-electron chi connectivity index (χ1n) is 7.24. The van der Waals surface area contributed by atoms with Crippen LogP contribution in [0, 0.1) is 0 Å². The number of rotatable bonds is 6. The molecule has 1 aromatic carbocycles. The van der Waals surface area contributed by atoms with Crippen LogP contribution in [0.15, 0.2) is 41.4 Å². The Morgan fingerprint density at radius 1 is 1.19 bits per heavy atom. The normalized spacial score (nSPS) is 16.6. The van der Waals surface area contributed by atoms with E-state index in [-0.39, 0.29) is 5.91 Å². The molecule has 0 atom stereocenters. The fourth-order valence-electron chi connectivity index (χ4n) is 2.40. The molecule has 0 spiro atoms. The van der Waals surface area contributed by atoms with Crippen molar-refractivity contribution in [2.24, 2.45) is 0 Å². The van der Waals surface area contributed by atoms with Crippen molar-refractivity contribution < 1.29 is 4.79 Å². The number of hydrogen-bond donors (Lipinski definition) is 1. The SMILES string of the molecule is C=CCNC(=O)CN1CCN(Cc2ccc(Br)cc2)CC1. The van der Waals surface area contributed by atoms with E-state index in [4.69, 9.17) is 0 Å². The van der Waals surface area contributed by atoms with Crippen molar-refractivity contribution >= 4 is 21.8 Å². The summed E-state index contributed by atoms with van der Waals surface area (Å²) in [5.74, 6) is 0.0799. The molecule has 1 amide bonds. The van der Waals surface area contributed by atoms with Crippen LogP contribution >= 0.6 is 15.9 Å². The second-order valence-electron chi connectivity index (χ2n) is 5.27. The summed E-state index contributed by atoms with van der Waals surface area (Å²) >= 11 is 3.45. The van der Waals surface area contributed by atoms with E-state index in [0.29, 0.717) is 13.1 Å². The zero-order valence-corrected chi connectivity index (χ0v) is 13.8. The Labute approximate surface area is 134 Å². The number of halogens is 1. The van der Waals surface area contributed by atoms with Crippen molar-refractivity contribution in [1.29, 1.82) is 0 Å². The van der Waals surface area contributed by atoms with Gasteiger partial charge in [-0.15, -0.1) is 6.58 Å². The first kappa shape index (κ1) is 16.2. The van der Waals surface area contributed by atoms with Crippen molar-refractivity contribution in [2.75, 3.05) is 39.3 Å². The smallest absolute Gasteiger partial charge is 0.234 e. The van der Waals surface area contributed by atoms with Crippen molar-refractivity contribution in [3.05, 3.63) is 47.0 Å². The highest BCUT2D eigenvalue weighted by atomic mass is 79.9. The molecule has 1 aromatic rings. The van der Waals surface area contributed by atoms with E-state index in [0.717, 1.165) is 37.2 Å². The molecular weight excluding hydrogens is 330 g/mol. The lowest BCUT2D eigenvalue weighted by molar-refractivity contribution is -0.122. The highest BCUT2D eigenvalue weighted by Crippen LogP contribution is 2.13. The number of nitrogens with one attached hydrogen (secondary N) is 1. The van der Waals surface area contributed by atoms with E-state index < -0.39 is 0 Å². The summed E-state index contributed by atoms with van der Waals surface area (Å²) in [6.45, 7) is 9.50. The lowest BCUT2D eigenvalue weighted by Gasteiger charge is -2.34. The molecule has 4 nitrogen and oxygen atoms in total. The summed E-state index contributed by atoms with van der Waals surface area (Å²) in [6.07, 6.45) is 1.70. The van der Waals surface area contributed by atoms with Crippen LogP contribution in [-0.2, 0) is 11.3 Å². The lowest BCUT2D eigenvalue weighted by atomic mass is 10.2. The molecule has 0 radical (unpaired) electrons. The molecule has 21 heavy (non-hydrogen) atoms. The molecule has 2 rings (SSSR count). The van der Waals surface area contributed by atoms with Crippen LogP contribution in [0.2, 0.25) is 0 Å². The summed E-state index contributed by atoms with van der Waals surface area (Å²) in [6, 6.07) is 8.46. The van der Waals surface area contributed by atoms with Gasteiger partial charge in [-0.3, -0.25) is 14.6 Å². The van der Waals surface area contributed by atoms with Gasteiger partial charge in [-0.2, -0.15) is 0 Å². The second kappa shape index (κ2) is 8.32. The average Bonchev–Trinajstić information content (AvgIpc) is 2.49. The van der Waals surface area contributed by atoms with E-state index >= 15 is 0 Å². The first-order valence-corrected chi connectivity index (χ1v) is 8.03. The van der Waals surface area contributed by atoms with E-state index in [1.54, 1.807) is 6.08 Å². The molecule has 1 heterocycles. The number of benzene rings is 1. The van der Waals surface area contributed by atoms with Crippen LogP contribution < -0.4 is 5.32 Å². The Kier molecular flexibility index (Phi) is 6.42. The number of carbonyl (C=O) groups excluding carboxylic acids is 1. The molecule has 0 unspecified atom stereocenters. The van der Waals surface area contributed by atoms with Crippen LogP contribution in [0.1, 0.15) is 5.56 Å². The minimum atomic E-state index is 0.0799. The van der Waals surface area contributed by atoms with Crippen molar-refractivity contribution in [3.63, 3.8) is 0 Å². The Hall–Kier alpha value is -1.17. The van der Waals surface area contributed by atoms with Crippen molar-refractivity contribution in [2.45, 2.75) is 6.54 Å². The van der Waals surface area contributed by atoms with Crippen molar-refractivity contribution in [3.8, 4) is 0 Å². The zero-order valence-electron chi connectivity index (χ0n) is 12.2. The number of carbonyl (C=O) groups is 1. The number of hydrogen-bond acceptors (Lipinski definition) is 3. The molecule has 0 bridgehead atoms. The maximum Gasteiger partial charge on any atom is 0.234 e. The molecule has 1 fully saturated rings. The molecular formula is C16H22BrN3O. The van der Waals surface area contributed by atoms with Gasteiger partial charge >= 0.3 is 0 Å². The highest BCUT2D eigenvalue weighted by molar-refractivity contribution is 9.10. The van der Waals surface area contributed by atoms with Crippen LogP contribution in [0.4, 0.5) is 0 Å². The van der Waals surface area contributed by atoms with Crippen LogP contribution in [0.5, 0.6) is 0 Å². The summed E-state index contributed by atoms with van der Waals surface area (Å²) in [5.41, 5.74) is 1.33. The topological polar surface area (TPSA) is 35.6 Å². The Morgan fingerprint density at radius 2 is 1.81 bits per heavy atom. The molecule has 0 saturated carbocycles. The third kappa shape index (κ3) is 5.61. The predicted molar refractivity (Wildman–Crippen MR) is 89.1 cm³/mol. The quantitative estimate of drug-likeness (QED) is 0.794. The van der Waals surface area contributed by atoms with Crippen LogP contribution in [0.25, 0.3) is 0 Å². The van der Waals surface area contributed by atoms with E-state index in [1.807, 2.05) is 0 Å². The Balaban J connectivity index is 1.71. The monoisotopic (exact) mass is 351 g/mol. The number of nitrogens with zero attached hydrogens (tertiary/aromatic N) is 2. The fourth-order valence-corrected chi connectivity index (χ4v) is 2.66. The molecule has 1 aliphatic rings. The highest BCUT2D eigenvalue weighted by Gasteiger charge is 2.18. The van der Waals surface area contributed by atoms with Gasteiger partial charge in [0.05, 0.1) is 6.54 Å². The van der Waals surface area contributed by atoms with Gasteiger partial charge in [0.25, 0.3) is 0 Å². The average molecular weight is 352 g/mol. The van der Waals surface area contributed by atoms with Gasteiger partial charge in [0.15, 0.2) is 0 Å². The Morgan fingerprint density at radius 3 is 2.43 bits per heavy atom. The summed E-state index contributed by atoms with van der Waals surface area (Å²) < 4.78 is 1.11. The molecule has 1 aliphatic heterocycles. The lowest BCUT2D eigenvalue weighted by Crippen LogP contribution is -2.49. The summed E-state index contributed by atoms with van der Waals surface area (Å²) in [5, 5.41) is 2.82. The molecule has 5 heteroatoms. The van der Waals surface area contributed by atoms with Crippen LogP contribution in [0.3, 0.4) is 0 Å². The molecule has 1 N–H and O–H groups in total. The summed E-state index contributed by atoms with van der Waals surface area (Å²) in [7, 11) is 0. The largest absolute Gasteiger partial charge is 0.352 e. The van der Waals surface area contributed by atoms with E-state index in [1.165, 1.54) is 5.56 Å². The maximum absolute atomic E-state index is 11.7. The fraction of sp³-hybridized carbons (Fsp3) is 0.438. The minimum Gasteiger partial charge on any atom is -0.352 e. The number of amides is 1. The van der Waals surface area contributed by atoms with Gasteiger partial charge < -0.3 is 5.32 Å². The zero-order chi connectivity index (χ0) is 15.1. The molecule has 1 saturated heterocycles. The predicted octanol–water partition coefficient (Wildman–Crippen LogP) is 1.87. The summed E-state index contributed by atoms with van der Waals surface area (Å²) in [4.78, 5) is 16.3. The van der Waals surface area contributed by atoms with Gasteiger partial charge in [-0.1, -0.05) is 34.1 Å². The van der Waals surface area contributed by atoms with E-state index in [2.05, 4.69) is 61.9 Å². The van der Waals surface area contributed by atoms with Gasteiger partial charge in [0.2, 0.25) is 5.91 Å². The van der Waals surface area contributed by atoms with Gasteiger partial charge in [0, 0.05) is 43.7 Å². The van der Waals surface area contributed by atoms with Crippen LogP contribution in [-0.4, -0.2) is 55.0 Å². The minimum absolute atomic E-state index is 0.0799. The van der Waals surface area contributed by atoms with Gasteiger partial charge in [-0.05, 0) is 17.7 Å². The first-order chi connectivity index (χ1) is 10.2.